The number of hydrogen-bond acceptors (Lipinski definition) is 4. The fraction of sp³-hybridized carbons (Fsp3) is 0.533. The summed E-state index contributed by atoms with van der Waals surface area (Å²) in [4.78, 5) is 30.0. The number of piperazine rings is 1. The van der Waals surface area contributed by atoms with Gasteiger partial charge in [0.15, 0.2) is 0 Å². The summed E-state index contributed by atoms with van der Waals surface area (Å²) in [5, 5.41) is 5.95. The quantitative estimate of drug-likeness (QED) is 0.808. The molecule has 0 saturated carbocycles. The molecule has 1 saturated heterocycles. The van der Waals surface area contributed by atoms with E-state index in [0.29, 0.717) is 6.54 Å². The normalized spacial score (nSPS) is 17.8. The smallest absolute Gasteiger partial charge is 0.240 e. The standard InChI is InChI=1S/C15H22N4O2.ClH/c1-2-7-19-8-6-17-13(15(19)21)9-14(20)18-11-12-4-3-5-16-10-12;/h3-5,10,13,17H,2,6-9,11H2,1H3,(H,18,20);1H. The Bertz CT molecular complexity index is 482. The molecule has 1 aliphatic rings. The van der Waals surface area contributed by atoms with Crippen LogP contribution in [0.5, 0.6) is 0 Å². The molecule has 2 rings (SSSR count). The van der Waals surface area contributed by atoms with Gasteiger partial charge in [-0.25, -0.2) is 0 Å². The highest BCUT2D eigenvalue weighted by molar-refractivity contribution is 5.88. The van der Waals surface area contributed by atoms with E-state index >= 15 is 0 Å². The highest BCUT2D eigenvalue weighted by Crippen LogP contribution is 2.06. The van der Waals surface area contributed by atoms with Crippen LogP contribution in [0.15, 0.2) is 24.5 Å². The van der Waals surface area contributed by atoms with Crippen LogP contribution in [0.25, 0.3) is 0 Å². The lowest BCUT2D eigenvalue weighted by Crippen LogP contribution is -2.56. The summed E-state index contributed by atoms with van der Waals surface area (Å²) in [5.74, 6) is -0.0947. The monoisotopic (exact) mass is 326 g/mol. The van der Waals surface area contributed by atoms with Crippen LogP contribution < -0.4 is 10.6 Å². The molecule has 2 N–H and O–H groups in total. The second-order valence-electron chi connectivity index (χ2n) is 5.17. The van der Waals surface area contributed by atoms with Crippen LogP contribution in [0.2, 0.25) is 0 Å². The topological polar surface area (TPSA) is 74.3 Å². The van der Waals surface area contributed by atoms with Gasteiger partial charge in [0, 0.05) is 38.6 Å². The van der Waals surface area contributed by atoms with E-state index in [1.807, 2.05) is 24.0 Å². The third-order valence-corrected chi connectivity index (χ3v) is 3.48. The van der Waals surface area contributed by atoms with E-state index in [1.165, 1.54) is 0 Å². The Labute approximate surface area is 137 Å². The fourth-order valence-corrected chi connectivity index (χ4v) is 2.40. The Morgan fingerprint density at radius 3 is 3.05 bits per heavy atom. The number of pyridine rings is 1. The number of carbonyl (C=O) groups excluding carboxylic acids is 2. The van der Waals surface area contributed by atoms with Crippen LogP contribution in [0, 0.1) is 0 Å². The summed E-state index contributed by atoms with van der Waals surface area (Å²) in [5.41, 5.74) is 0.946. The molecule has 2 amide bonds. The average molecular weight is 327 g/mol. The summed E-state index contributed by atoms with van der Waals surface area (Å²) in [6.07, 6.45) is 4.52. The maximum Gasteiger partial charge on any atom is 0.240 e. The highest BCUT2D eigenvalue weighted by Gasteiger charge is 2.29. The molecular weight excluding hydrogens is 304 g/mol. The number of halogens is 1. The molecule has 1 aliphatic heterocycles. The van der Waals surface area contributed by atoms with Crippen molar-refractivity contribution in [3.8, 4) is 0 Å². The predicted octanol–water partition coefficient (Wildman–Crippen LogP) is 0.720. The number of amides is 2. The molecule has 1 fully saturated rings. The van der Waals surface area contributed by atoms with Crippen LogP contribution in [0.1, 0.15) is 25.3 Å². The molecule has 2 heterocycles. The van der Waals surface area contributed by atoms with Crippen LogP contribution in [-0.4, -0.2) is 47.4 Å². The molecule has 22 heavy (non-hydrogen) atoms. The van der Waals surface area contributed by atoms with E-state index in [0.717, 1.165) is 31.6 Å². The van der Waals surface area contributed by atoms with Crippen LogP contribution in [-0.2, 0) is 16.1 Å². The second-order valence-corrected chi connectivity index (χ2v) is 5.17. The molecule has 1 aromatic heterocycles. The number of aromatic nitrogens is 1. The zero-order valence-corrected chi connectivity index (χ0v) is 13.6. The summed E-state index contributed by atoms with van der Waals surface area (Å²) in [6.45, 7) is 4.71. The van der Waals surface area contributed by atoms with Crippen molar-refractivity contribution in [1.29, 1.82) is 0 Å². The van der Waals surface area contributed by atoms with E-state index in [1.54, 1.807) is 12.4 Å². The van der Waals surface area contributed by atoms with Gasteiger partial charge < -0.3 is 15.5 Å². The van der Waals surface area contributed by atoms with Gasteiger partial charge in [-0.05, 0) is 18.1 Å². The first-order valence-corrected chi connectivity index (χ1v) is 7.38. The van der Waals surface area contributed by atoms with Gasteiger partial charge in [0.25, 0.3) is 0 Å². The maximum atomic E-state index is 12.2. The number of rotatable bonds is 6. The third-order valence-electron chi connectivity index (χ3n) is 3.48. The molecule has 1 atom stereocenters. The van der Waals surface area contributed by atoms with Crippen LogP contribution in [0.3, 0.4) is 0 Å². The Morgan fingerprint density at radius 2 is 2.36 bits per heavy atom. The Hall–Kier alpha value is -1.66. The summed E-state index contributed by atoms with van der Waals surface area (Å²) >= 11 is 0. The maximum absolute atomic E-state index is 12.2. The Balaban J connectivity index is 0.00000242. The van der Waals surface area contributed by atoms with Crippen molar-refractivity contribution in [2.24, 2.45) is 0 Å². The van der Waals surface area contributed by atoms with Gasteiger partial charge in [-0.1, -0.05) is 13.0 Å². The average Bonchev–Trinajstić information content (AvgIpc) is 2.50. The van der Waals surface area contributed by atoms with Gasteiger partial charge in [-0.3, -0.25) is 14.6 Å². The molecular formula is C15H23ClN4O2. The van der Waals surface area contributed by atoms with Gasteiger partial charge in [-0.15, -0.1) is 12.4 Å². The lowest BCUT2D eigenvalue weighted by Gasteiger charge is -2.32. The second kappa shape index (κ2) is 9.38. The molecule has 1 unspecified atom stereocenters. The molecule has 0 radical (unpaired) electrons. The van der Waals surface area contributed by atoms with E-state index in [2.05, 4.69) is 15.6 Å². The number of hydrogen-bond donors (Lipinski definition) is 2. The minimum Gasteiger partial charge on any atom is -0.352 e. The fourth-order valence-electron chi connectivity index (χ4n) is 2.40. The lowest BCUT2D eigenvalue weighted by atomic mass is 10.1. The first kappa shape index (κ1) is 18.4. The number of carbonyl (C=O) groups is 2. The van der Waals surface area contributed by atoms with Gasteiger partial charge in [-0.2, -0.15) is 0 Å². The Kier molecular flexibility index (Phi) is 7.84. The minimum atomic E-state index is -0.404. The van der Waals surface area contributed by atoms with Crippen LogP contribution >= 0.6 is 12.4 Å². The third kappa shape index (κ3) is 5.27. The van der Waals surface area contributed by atoms with Crippen molar-refractivity contribution in [2.45, 2.75) is 32.4 Å². The van der Waals surface area contributed by atoms with Gasteiger partial charge in [0.05, 0.1) is 12.5 Å². The molecule has 7 heteroatoms. The molecule has 0 aromatic carbocycles. The molecule has 0 aliphatic carbocycles. The van der Waals surface area contributed by atoms with Gasteiger partial charge >= 0.3 is 0 Å². The predicted molar refractivity (Wildman–Crippen MR) is 86.6 cm³/mol. The van der Waals surface area contributed by atoms with Crippen molar-refractivity contribution in [1.82, 2.24) is 20.5 Å². The molecule has 0 bridgehead atoms. The number of nitrogens with zero attached hydrogens (tertiary/aromatic N) is 2. The Morgan fingerprint density at radius 1 is 1.55 bits per heavy atom. The first-order valence-electron chi connectivity index (χ1n) is 7.38. The van der Waals surface area contributed by atoms with Crippen molar-refractivity contribution in [2.75, 3.05) is 19.6 Å². The first-order chi connectivity index (χ1) is 10.2. The highest BCUT2D eigenvalue weighted by atomic mass is 35.5. The molecule has 0 spiro atoms. The molecule has 122 valence electrons. The molecule has 6 nitrogen and oxygen atoms in total. The van der Waals surface area contributed by atoms with Gasteiger partial charge in [0.2, 0.25) is 11.8 Å². The van der Waals surface area contributed by atoms with Crippen molar-refractivity contribution in [3.63, 3.8) is 0 Å². The van der Waals surface area contributed by atoms with E-state index in [9.17, 15) is 9.59 Å². The van der Waals surface area contributed by atoms with E-state index in [4.69, 9.17) is 0 Å². The van der Waals surface area contributed by atoms with Gasteiger partial charge in [0.1, 0.15) is 0 Å². The zero-order chi connectivity index (χ0) is 15.1. The van der Waals surface area contributed by atoms with E-state index < -0.39 is 6.04 Å². The summed E-state index contributed by atoms with van der Waals surface area (Å²) in [7, 11) is 0. The van der Waals surface area contributed by atoms with Crippen molar-refractivity contribution in [3.05, 3.63) is 30.1 Å². The summed E-state index contributed by atoms with van der Waals surface area (Å²) in [6, 6.07) is 3.33. The molecule has 1 aromatic rings. The largest absolute Gasteiger partial charge is 0.352 e. The van der Waals surface area contributed by atoms with Crippen LogP contribution in [0.4, 0.5) is 0 Å². The summed E-state index contributed by atoms with van der Waals surface area (Å²) < 4.78 is 0. The van der Waals surface area contributed by atoms with Crippen molar-refractivity contribution >= 4 is 24.2 Å². The lowest BCUT2D eigenvalue weighted by molar-refractivity contribution is -0.138. The SMILES string of the molecule is CCCN1CCNC(CC(=O)NCc2cccnc2)C1=O.Cl. The number of nitrogens with one attached hydrogen (secondary N) is 2. The van der Waals surface area contributed by atoms with E-state index in [-0.39, 0.29) is 30.6 Å². The van der Waals surface area contributed by atoms with Crippen molar-refractivity contribution < 1.29 is 9.59 Å². The minimum absolute atomic E-state index is 0. The zero-order valence-electron chi connectivity index (χ0n) is 12.7.